The molecule has 0 fully saturated rings. The van der Waals surface area contributed by atoms with Gasteiger partial charge in [-0.1, -0.05) is 21.6 Å². The fourth-order valence-electron chi connectivity index (χ4n) is 4.58. The minimum Gasteiger partial charge on any atom is -0.490 e. The summed E-state index contributed by atoms with van der Waals surface area (Å²) in [7, 11) is 3.49. The summed E-state index contributed by atoms with van der Waals surface area (Å²) in [5.41, 5.74) is -2.08. The number of rotatable bonds is 37. The number of Topliss-reactive ketones (excluding diaryl/α,β-unsaturated/α-hetero) is 2. The van der Waals surface area contributed by atoms with Crippen LogP contribution in [0.25, 0.3) is 0 Å². The van der Waals surface area contributed by atoms with E-state index in [1.165, 1.54) is 27.7 Å². The van der Waals surface area contributed by atoms with Crippen LogP contribution in [-0.2, 0) is 38.0 Å². The number of ether oxygens (including phenoxy) is 8. The lowest BCUT2D eigenvalue weighted by molar-refractivity contribution is -0.144. The summed E-state index contributed by atoms with van der Waals surface area (Å²) in [5, 5.41) is 19.7. The molecule has 0 aromatic heterocycles. The Morgan fingerprint density at radius 2 is 0.783 bits per heavy atom. The minimum atomic E-state index is -1.44. The van der Waals surface area contributed by atoms with E-state index in [0.29, 0.717) is 99.8 Å². The molecule has 18 heteroatoms. The number of carbonyl (C=O) groups is 4. The second-order valence-corrected chi connectivity index (χ2v) is 18.9. The summed E-state index contributed by atoms with van der Waals surface area (Å²) in [5.74, 6) is 4.37. The van der Waals surface area contributed by atoms with Crippen LogP contribution in [0, 0.1) is 0 Å². The summed E-state index contributed by atoms with van der Waals surface area (Å²) < 4.78 is 43.9. The second kappa shape index (κ2) is 32.2. The summed E-state index contributed by atoms with van der Waals surface area (Å²) >= 11 is 3.25. The van der Waals surface area contributed by atoms with Gasteiger partial charge in [0.25, 0.3) is 0 Å². The van der Waals surface area contributed by atoms with Crippen LogP contribution >= 0.6 is 45.1 Å². The van der Waals surface area contributed by atoms with E-state index in [-0.39, 0.29) is 49.9 Å². The molecule has 0 saturated carbocycles. The lowest BCUT2D eigenvalue weighted by Gasteiger charge is -2.15. The van der Waals surface area contributed by atoms with Gasteiger partial charge in [0.15, 0.2) is 11.6 Å². The molecule has 0 spiro atoms. The highest BCUT2D eigenvalue weighted by molar-refractivity contribution is 8.76. The highest BCUT2D eigenvalue weighted by atomic mass is 33.1. The Hall–Kier alpha value is -2.52. The molecule has 0 aliphatic rings. The second-order valence-electron chi connectivity index (χ2n) is 13.8. The summed E-state index contributed by atoms with van der Waals surface area (Å²) in [6.45, 7) is 11.0. The third-order valence-corrected chi connectivity index (χ3v) is 11.9. The fraction of sp³-hybridized carbons (Fsp3) is 0.619. The van der Waals surface area contributed by atoms with E-state index in [0.717, 1.165) is 23.0 Å². The molecule has 0 aliphatic carbocycles. The largest absolute Gasteiger partial charge is 0.490 e. The molecule has 0 unspecified atom stereocenters. The predicted octanol–water partition coefficient (Wildman–Crippen LogP) is 5.83. The Labute approximate surface area is 370 Å². The predicted molar refractivity (Wildman–Crippen MR) is 239 cm³/mol. The van der Waals surface area contributed by atoms with E-state index < -0.39 is 11.2 Å². The van der Waals surface area contributed by atoms with Gasteiger partial charge < -0.3 is 48.1 Å². The SMILES string of the molecule is CC(C)(O)C(=O)c1ccc(OCCOC(=O)CCSCCOCCOCCSSCCOCCOCCSCCC(=O)OCCOc2ccc(C(=O)C(C)(C)O)cc2)cc1. The molecule has 60 heavy (non-hydrogen) atoms. The van der Waals surface area contributed by atoms with Gasteiger partial charge in [0.2, 0.25) is 0 Å². The monoisotopic (exact) mass is 918 g/mol. The van der Waals surface area contributed by atoms with Crippen molar-refractivity contribution in [1.29, 1.82) is 0 Å². The quantitative estimate of drug-likeness (QED) is 0.0357. The topological polar surface area (TPSA) is 183 Å². The van der Waals surface area contributed by atoms with Gasteiger partial charge in [0.1, 0.15) is 49.1 Å². The average Bonchev–Trinajstić information content (AvgIpc) is 3.22. The van der Waals surface area contributed by atoms with E-state index >= 15 is 0 Å². The first kappa shape index (κ1) is 53.6. The number of carbonyl (C=O) groups excluding carboxylic acids is 4. The van der Waals surface area contributed by atoms with Crippen molar-refractivity contribution in [3.8, 4) is 11.5 Å². The van der Waals surface area contributed by atoms with Crippen LogP contribution in [0.3, 0.4) is 0 Å². The zero-order valence-corrected chi connectivity index (χ0v) is 38.5. The van der Waals surface area contributed by atoms with Crippen molar-refractivity contribution < 1.29 is 67.3 Å². The zero-order valence-electron chi connectivity index (χ0n) is 35.2. The lowest BCUT2D eigenvalue weighted by Crippen LogP contribution is -2.30. The fourth-order valence-corrected chi connectivity index (χ4v) is 7.81. The smallest absolute Gasteiger partial charge is 0.306 e. The van der Waals surface area contributed by atoms with Crippen molar-refractivity contribution in [3.05, 3.63) is 59.7 Å². The van der Waals surface area contributed by atoms with Crippen molar-refractivity contribution in [2.45, 2.75) is 51.7 Å². The highest BCUT2D eigenvalue weighted by Gasteiger charge is 2.26. The maximum Gasteiger partial charge on any atom is 0.306 e. The molecule has 0 atom stereocenters. The molecule has 0 radical (unpaired) electrons. The van der Waals surface area contributed by atoms with Crippen molar-refractivity contribution >= 4 is 68.6 Å². The first-order valence-electron chi connectivity index (χ1n) is 19.8. The maximum atomic E-state index is 12.1. The van der Waals surface area contributed by atoms with Crippen LogP contribution in [0.1, 0.15) is 61.3 Å². The summed E-state index contributed by atoms with van der Waals surface area (Å²) in [4.78, 5) is 48.0. The normalized spacial score (nSPS) is 11.6. The number of benzene rings is 2. The molecular weight excluding hydrogens is 857 g/mol. The summed E-state index contributed by atoms with van der Waals surface area (Å²) in [6, 6.07) is 12.9. The molecule has 2 aromatic carbocycles. The molecule has 0 bridgehead atoms. The van der Waals surface area contributed by atoms with Crippen molar-refractivity contribution in [3.63, 3.8) is 0 Å². The number of aliphatic hydroxyl groups is 2. The molecule has 0 aliphatic heterocycles. The molecule has 0 amide bonds. The van der Waals surface area contributed by atoms with Crippen LogP contribution in [0.5, 0.6) is 11.5 Å². The average molecular weight is 919 g/mol. The van der Waals surface area contributed by atoms with Gasteiger partial charge in [-0.25, -0.2) is 0 Å². The van der Waals surface area contributed by atoms with Crippen LogP contribution in [0.4, 0.5) is 0 Å². The van der Waals surface area contributed by atoms with E-state index in [2.05, 4.69) is 0 Å². The van der Waals surface area contributed by atoms with Crippen molar-refractivity contribution in [2.75, 3.05) is 114 Å². The molecule has 2 N–H and O–H groups in total. The van der Waals surface area contributed by atoms with Crippen LogP contribution in [-0.4, -0.2) is 159 Å². The van der Waals surface area contributed by atoms with Gasteiger partial charge >= 0.3 is 11.9 Å². The van der Waals surface area contributed by atoms with Gasteiger partial charge in [-0.05, 0) is 76.2 Å². The number of ketones is 2. The van der Waals surface area contributed by atoms with Crippen LogP contribution < -0.4 is 9.47 Å². The number of esters is 2. The number of hydrogen-bond donors (Lipinski definition) is 2. The van der Waals surface area contributed by atoms with E-state index in [9.17, 15) is 29.4 Å². The zero-order chi connectivity index (χ0) is 43.9. The Morgan fingerprint density at radius 1 is 0.450 bits per heavy atom. The van der Waals surface area contributed by atoms with Crippen molar-refractivity contribution in [2.24, 2.45) is 0 Å². The summed E-state index contributed by atoms with van der Waals surface area (Å²) in [6.07, 6.45) is 0.611. The molecule has 2 aromatic rings. The van der Waals surface area contributed by atoms with Gasteiger partial charge in [0.05, 0.1) is 65.7 Å². The lowest BCUT2D eigenvalue weighted by atomic mass is 9.97. The van der Waals surface area contributed by atoms with E-state index in [4.69, 9.17) is 37.9 Å². The van der Waals surface area contributed by atoms with Crippen molar-refractivity contribution in [1.82, 2.24) is 0 Å². The molecular formula is C42H62O14S4. The molecule has 2 rings (SSSR count). The highest BCUT2D eigenvalue weighted by Crippen LogP contribution is 2.21. The number of hydrogen-bond acceptors (Lipinski definition) is 18. The third kappa shape index (κ3) is 26.7. The maximum absolute atomic E-state index is 12.1. The Morgan fingerprint density at radius 3 is 1.12 bits per heavy atom. The van der Waals surface area contributed by atoms with Gasteiger partial charge in [-0.2, -0.15) is 23.5 Å². The van der Waals surface area contributed by atoms with Gasteiger partial charge in [0, 0.05) is 45.6 Å². The Kier molecular flexibility index (Phi) is 28.8. The molecule has 0 heterocycles. The minimum absolute atomic E-state index is 0.130. The Bertz CT molecular complexity index is 1370. The molecule has 338 valence electrons. The molecule has 0 saturated heterocycles. The van der Waals surface area contributed by atoms with E-state index in [1.54, 1.807) is 93.6 Å². The van der Waals surface area contributed by atoms with Crippen LogP contribution in [0.15, 0.2) is 48.5 Å². The molecule has 14 nitrogen and oxygen atoms in total. The van der Waals surface area contributed by atoms with Gasteiger partial charge in [-0.3, -0.25) is 19.2 Å². The van der Waals surface area contributed by atoms with Gasteiger partial charge in [-0.15, -0.1) is 0 Å². The Balaban J connectivity index is 1.24. The first-order chi connectivity index (χ1) is 28.8. The van der Waals surface area contributed by atoms with E-state index in [1.807, 2.05) is 0 Å². The van der Waals surface area contributed by atoms with Crippen LogP contribution in [0.2, 0.25) is 0 Å². The first-order valence-corrected chi connectivity index (χ1v) is 24.6. The number of thioether (sulfide) groups is 2. The standard InChI is InChI=1S/C42H62O14S4/c1-41(2,47)39(45)33-5-9-35(10-6-33)53-19-21-55-37(43)13-27-57-29-23-49-15-17-51-25-31-59-60-32-26-52-18-16-50-24-30-58-28-14-38(44)56-22-20-54-36-11-7-34(8-12-36)40(46)42(3,4)48/h5-12,47-48H,13-32H2,1-4H3. The third-order valence-electron chi connectivity index (χ3n) is 7.67.